The van der Waals surface area contributed by atoms with Gasteiger partial charge in [0.15, 0.2) is 0 Å². The second kappa shape index (κ2) is 8.06. The zero-order valence-corrected chi connectivity index (χ0v) is 15.1. The third-order valence-corrected chi connectivity index (χ3v) is 5.05. The van der Waals surface area contributed by atoms with Gasteiger partial charge in [-0.2, -0.15) is 0 Å². The number of aryl methyl sites for hydroxylation is 1. The van der Waals surface area contributed by atoms with Crippen LogP contribution in [0, 0.1) is 12.7 Å². The maximum Gasteiger partial charge on any atom is 0.317 e. The molecule has 0 spiro atoms. The molecule has 0 fully saturated rings. The second-order valence-corrected chi connectivity index (χ2v) is 6.74. The van der Waals surface area contributed by atoms with Gasteiger partial charge in [-0.1, -0.05) is 0 Å². The van der Waals surface area contributed by atoms with Gasteiger partial charge in [-0.05, 0) is 38.1 Å². The molecule has 0 radical (unpaired) electrons. The number of urea groups is 1. The zero-order chi connectivity index (χ0) is 18.6. The number of nitrogens with one attached hydrogen (secondary N) is 1. The lowest BCUT2D eigenvalue weighted by Crippen LogP contribution is -2.39. The Morgan fingerprint density at radius 2 is 2.00 bits per heavy atom. The van der Waals surface area contributed by atoms with Gasteiger partial charge >= 0.3 is 12.0 Å². The lowest BCUT2D eigenvalue weighted by atomic mass is 10.2. The van der Waals surface area contributed by atoms with Gasteiger partial charge in [-0.15, -0.1) is 11.3 Å². The van der Waals surface area contributed by atoms with Crippen molar-refractivity contribution >= 4 is 23.3 Å². The van der Waals surface area contributed by atoms with Gasteiger partial charge in [0, 0.05) is 19.2 Å². The van der Waals surface area contributed by atoms with E-state index in [0.717, 1.165) is 21.1 Å². The molecule has 0 aliphatic heterocycles. The Morgan fingerprint density at radius 3 is 2.60 bits per heavy atom. The van der Waals surface area contributed by atoms with E-state index in [-0.39, 0.29) is 30.9 Å². The van der Waals surface area contributed by atoms with Crippen LogP contribution >= 0.6 is 11.3 Å². The van der Waals surface area contributed by atoms with E-state index in [0.29, 0.717) is 0 Å². The first kappa shape index (κ1) is 18.9. The van der Waals surface area contributed by atoms with Crippen molar-refractivity contribution in [1.29, 1.82) is 0 Å². The number of thiazole rings is 1. The van der Waals surface area contributed by atoms with E-state index >= 15 is 0 Å². The Bertz CT molecular complexity index is 761. The minimum Gasteiger partial charge on any atom is -0.481 e. The predicted octanol–water partition coefficient (Wildman–Crippen LogP) is 3.43. The van der Waals surface area contributed by atoms with Crippen LogP contribution < -0.4 is 5.32 Å². The first-order chi connectivity index (χ1) is 11.8. The number of halogens is 1. The van der Waals surface area contributed by atoms with Crippen LogP contribution in [0.5, 0.6) is 0 Å². The summed E-state index contributed by atoms with van der Waals surface area (Å²) < 4.78 is 13.0. The van der Waals surface area contributed by atoms with E-state index in [1.807, 2.05) is 13.8 Å². The van der Waals surface area contributed by atoms with Gasteiger partial charge in [0.05, 0.1) is 23.0 Å². The summed E-state index contributed by atoms with van der Waals surface area (Å²) in [6.07, 6.45) is -0.105. The third-order valence-electron chi connectivity index (χ3n) is 3.66. The van der Waals surface area contributed by atoms with Crippen molar-refractivity contribution in [1.82, 2.24) is 15.2 Å². The zero-order valence-electron chi connectivity index (χ0n) is 14.2. The Kier molecular flexibility index (Phi) is 6.08. The van der Waals surface area contributed by atoms with Crippen molar-refractivity contribution < 1.29 is 19.1 Å². The molecule has 1 aromatic heterocycles. The van der Waals surface area contributed by atoms with Crippen LogP contribution in [0.15, 0.2) is 24.3 Å². The Labute approximate surface area is 149 Å². The Balaban J connectivity index is 2.06. The quantitative estimate of drug-likeness (QED) is 0.822. The lowest BCUT2D eigenvalue weighted by molar-refractivity contribution is -0.137. The van der Waals surface area contributed by atoms with Gasteiger partial charge < -0.3 is 15.3 Å². The summed E-state index contributed by atoms with van der Waals surface area (Å²) in [5.74, 6) is -1.25. The average molecular weight is 365 g/mol. The molecule has 1 aromatic carbocycles. The van der Waals surface area contributed by atoms with Gasteiger partial charge in [0.25, 0.3) is 0 Å². The van der Waals surface area contributed by atoms with E-state index in [4.69, 9.17) is 5.11 Å². The summed E-state index contributed by atoms with van der Waals surface area (Å²) >= 11 is 1.44. The molecule has 0 saturated heterocycles. The van der Waals surface area contributed by atoms with Crippen molar-refractivity contribution in [2.75, 3.05) is 13.6 Å². The van der Waals surface area contributed by atoms with Crippen LogP contribution in [-0.4, -0.2) is 40.6 Å². The fourth-order valence-corrected chi connectivity index (χ4v) is 3.33. The third kappa shape index (κ3) is 4.99. The molecule has 0 aliphatic rings. The van der Waals surface area contributed by atoms with E-state index in [2.05, 4.69) is 10.3 Å². The smallest absolute Gasteiger partial charge is 0.317 e. The van der Waals surface area contributed by atoms with Gasteiger partial charge in [-0.25, -0.2) is 14.2 Å². The molecule has 2 rings (SSSR count). The molecule has 1 unspecified atom stereocenters. The lowest BCUT2D eigenvalue weighted by Gasteiger charge is -2.20. The largest absolute Gasteiger partial charge is 0.481 e. The van der Waals surface area contributed by atoms with Gasteiger partial charge in [-0.3, -0.25) is 4.79 Å². The summed E-state index contributed by atoms with van der Waals surface area (Å²) in [7, 11) is 1.55. The molecule has 134 valence electrons. The number of hydrogen-bond acceptors (Lipinski definition) is 4. The van der Waals surface area contributed by atoms with E-state index in [9.17, 15) is 14.0 Å². The molecule has 0 aliphatic carbocycles. The molecule has 1 atom stereocenters. The highest BCUT2D eigenvalue weighted by atomic mass is 32.1. The highest BCUT2D eigenvalue weighted by Gasteiger charge is 2.19. The number of rotatable bonds is 6. The second-order valence-electron chi connectivity index (χ2n) is 5.71. The van der Waals surface area contributed by atoms with Crippen molar-refractivity contribution in [2.24, 2.45) is 0 Å². The number of carbonyl (C=O) groups is 2. The van der Waals surface area contributed by atoms with Crippen LogP contribution in [0.2, 0.25) is 0 Å². The number of amides is 2. The summed E-state index contributed by atoms with van der Waals surface area (Å²) in [6.45, 7) is 3.84. The normalized spacial score (nSPS) is 11.8. The fraction of sp³-hybridized carbons (Fsp3) is 0.353. The number of nitrogens with zero attached hydrogens (tertiary/aromatic N) is 2. The minimum absolute atomic E-state index is 0.105. The minimum atomic E-state index is -0.949. The highest BCUT2D eigenvalue weighted by molar-refractivity contribution is 7.15. The van der Waals surface area contributed by atoms with E-state index in [1.165, 1.54) is 28.4 Å². The predicted molar refractivity (Wildman–Crippen MR) is 94.1 cm³/mol. The molecule has 0 bridgehead atoms. The van der Waals surface area contributed by atoms with Gasteiger partial charge in [0.1, 0.15) is 10.8 Å². The number of aromatic nitrogens is 1. The Morgan fingerprint density at radius 1 is 1.36 bits per heavy atom. The van der Waals surface area contributed by atoms with Gasteiger partial charge in [0.2, 0.25) is 0 Å². The molecule has 2 amide bonds. The summed E-state index contributed by atoms with van der Waals surface area (Å²) in [4.78, 5) is 29.4. The van der Waals surface area contributed by atoms with Crippen molar-refractivity contribution in [3.05, 3.63) is 40.7 Å². The molecule has 0 saturated carbocycles. The summed E-state index contributed by atoms with van der Waals surface area (Å²) in [5.41, 5.74) is 1.61. The monoisotopic (exact) mass is 365 g/mol. The molecule has 2 N–H and O–H groups in total. The van der Waals surface area contributed by atoms with Crippen molar-refractivity contribution in [3.8, 4) is 10.6 Å². The molecule has 25 heavy (non-hydrogen) atoms. The number of carboxylic acids is 1. The number of benzene rings is 1. The number of aliphatic carboxylic acids is 1. The average Bonchev–Trinajstić information content (AvgIpc) is 2.95. The van der Waals surface area contributed by atoms with Crippen molar-refractivity contribution in [3.63, 3.8) is 0 Å². The Hall–Kier alpha value is -2.48. The van der Waals surface area contributed by atoms with Crippen LogP contribution in [0.3, 0.4) is 0 Å². The summed E-state index contributed by atoms with van der Waals surface area (Å²) in [6, 6.07) is 5.49. The molecule has 6 nitrogen and oxygen atoms in total. The molecule has 8 heteroatoms. The van der Waals surface area contributed by atoms with E-state index in [1.54, 1.807) is 19.2 Å². The summed E-state index contributed by atoms with van der Waals surface area (Å²) in [5, 5.41) is 12.3. The maximum atomic E-state index is 13.0. The first-order valence-corrected chi connectivity index (χ1v) is 8.56. The number of carbonyl (C=O) groups excluding carboxylic acids is 1. The standard InChI is InChI=1S/C17H20FN3O3S/c1-10-15(11(2)20-17(24)21(3)9-8-14(22)23)25-16(19-10)12-4-6-13(18)7-5-12/h4-7,11H,8-9H2,1-3H3,(H,20,24)(H,22,23). The van der Waals surface area contributed by atoms with Crippen LogP contribution in [0.4, 0.5) is 9.18 Å². The molecule has 1 heterocycles. The van der Waals surface area contributed by atoms with Crippen molar-refractivity contribution in [2.45, 2.75) is 26.3 Å². The highest BCUT2D eigenvalue weighted by Crippen LogP contribution is 2.31. The number of carboxylic acid groups (broad SMARTS) is 1. The molecular formula is C17H20FN3O3S. The first-order valence-electron chi connectivity index (χ1n) is 7.74. The fourth-order valence-electron chi connectivity index (χ4n) is 2.25. The molecular weight excluding hydrogens is 345 g/mol. The molecule has 2 aromatic rings. The topological polar surface area (TPSA) is 82.5 Å². The number of hydrogen-bond donors (Lipinski definition) is 2. The maximum absolute atomic E-state index is 13.0. The van der Waals surface area contributed by atoms with Crippen LogP contribution in [0.1, 0.15) is 30.0 Å². The van der Waals surface area contributed by atoms with Crippen LogP contribution in [0.25, 0.3) is 10.6 Å². The van der Waals surface area contributed by atoms with Crippen LogP contribution in [-0.2, 0) is 4.79 Å². The SMILES string of the molecule is Cc1nc(-c2ccc(F)cc2)sc1C(C)NC(=O)N(C)CCC(=O)O. The van der Waals surface area contributed by atoms with E-state index < -0.39 is 5.97 Å².